The highest BCUT2D eigenvalue weighted by atomic mass is 19.4. The van der Waals surface area contributed by atoms with Crippen molar-refractivity contribution in [1.29, 1.82) is 0 Å². The topological polar surface area (TPSA) is 46.0 Å². The van der Waals surface area contributed by atoms with Gasteiger partial charge in [0.2, 0.25) is 0 Å². The maximum Gasteiger partial charge on any atom is 0.392 e. The molecule has 1 aliphatic carbocycles. The number of hydrogen-bond donors (Lipinski definition) is 1. The molecule has 2 rings (SSSR count). The van der Waals surface area contributed by atoms with Crippen molar-refractivity contribution in [1.82, 2.24) is 9.97 Å². The molecular weight excluding hydrogens is 209 g/mol. The van der Waals surface area contributed by atoms with Crippen molar-refractivity contribution in [3.05, 3.63) is 23.8 Å². The van der Waals surface area contributed by atoms with E-state index in [2.05, 4.69) is 9.97 Å². The Morgan fingerprint density at radius 3 is 2.80 bits per heavy atom. The highest BCUT2D eigenvalue weighted by molar-refractivity contribution is 5.22. The van der Waals surface area contributed by atoms with Gasteiger partial charge >= 0.3 is 6.18 Å². The van der Waals surface area contributed by atoms with E-state index >= 15 is 0 Å². The quantitative estimate of drug-likeness (QED) is 0.719. The van der Waals surface area contributed by atoms with Crippen LogP contribution in [0.3, 0.4) is 0 Å². The average Bonchev–Trinajstić information content (AvgIpc) is 2.16. The maximum absolute atomic E-state index is 12.5. The van der Waals surface area contributed by atoms with Crippen LogP contribution in [-0.2, 0) is 6.42 Å². The third-order valence-corrected chi connectivity index (χ3v) is 2.60. The molecule has 1 N–H and O–H groups in total. The van der Waals surface area contributed by atoms with Gasteiger partial charge in [-0.2, -0.15) is 13.2 Å². The van der Waals surface area contributed by atoms with Crippen molar-refractivity contribution in [2.75, 3.05) is 0 Å². The van der Waals surface area contributed by atoms with Gasteiger partial charge in [0.05, 0.1) is 17.7 Å². The lowest BCUT2D eigenvalue weighted by molar-refractivity contribution is -0.184. The summed E-state index contributed by atoms with van der Waals surface area (Å²) < 4.78 is 37.4. The van der Waals surface area contributed by atoms with Crippen LogP contribution in [0.4, 0.5) is 13.2 Å². The van der Waals surface area contributed by atoms with Gasteiger partial charge in [0, 0.05) is 18.2 Å². The second kappa shape index (κ2) is 3.44. The minimum Gasteiger partial charge on any atom is -0.388 e. The van der Waals surface area contributed by atoms with Crippen LogP contribution in [0.5, 0.6) is 0 Å². The molecule has 1 heterocycles. The molecule has 0 fully saturated rings. The fourth-order valence-corrected chi connectivity index (χ4v) is 1.78. The molecule has 0 bridgehead atoms. The first-order valence-corrected chi connectivity index (χ1v) is 4.52. The van der Waals surface area contributed by atoms with Crippen molar-refractivity contribution in [3.63, 3.8) is 0 Å². The summed E-state index contributed by atoms with van der Waals surface area (Å²) in [5.74, 6) is -1.50. The number of aliphatic hydroxyl groups excluding tert-OH is 1. The van der Waals surface area contributed by atoms with E-state index in [4.69, 9.17) is 0 Å². The summed E-state index contributed by atoms with van der Waals surface area (Å²) in [6.45, 7) is 0. The smallest absolute Gasteiger partial charge is 0.388 e. The predicted molar refractivity (Wildman–Crippen MR) is 44.9 cm³/mol. The molecule has 0 spiro atoms. The molecule has 2 atom stereocenters. The van der Waals surface area contributed by atoms with Crippen LogP contribution >= 0.6 is 0 Å². The number of hydrogen-bond acceptors (Lipinski definition) is 3. The number of aliphatic hydroxyl groups is 1. The zero-order valence-corrected chi connectivity index (χ0v) is 7.70. The zero-order chi connectivity index (χ0) is 11.1. The normalized spacial score (nSPS) is 26.1. The molecule has 1 aliphatic rings. The van der Waals surface area contributed by atoms with E-state index in [9.17, 15) is 18.3 Å². The molecule has 6 heteroatoms. The minimum absolute atomic E-state index is 0.168. The van der Waals surface area contributed by atoms with E-state index in [1.54, 1.807) is 0 Å². The highest BCUT2D eigenvalue weighted by Gasteiger charge is 2.44. The number of alkyl halides is 3. The summed E-state index contributed by atoms with van der Waals surface area (Å²) in [5.41, 5.74) is 0.712. The van der Waals surface area contributed by atoms with E-state index in [1.165, 1.54) is 12.5 Å². The number of halogens is 3. The first-order chi connectivity index (χ1) is 6.98. The van der Waals surface area contributed by atoms with Gasteiger partial charge in [0.1, 0.15) is 6.33 Å². The fourth-order valence-electron chi connectivity index (χ4n) is 1.78. The maximum atomic E-state index is 12.5. The molecule has 0 saturated heterocycles. The molecule has 0 aliphatic heterocycles. The van der Waals surface area contributed by atoms with Crippen LogP contribution in [0.1, 0.15) is 23.8 Å². The monoisotopic (exact) mass is 218 g/mol. The first kappa shape index (κ1) is 10.4. The summed E-state index contributed by atoms with van der Waals surface area (Å²) in [4.78, 5) is 7.45. The lowest BCUT2D eigenvalue weighted by atomic mass is 9.85. The first-order valence-electron chi connectivity index (χ1n) is 4.52. The Hall–Kier alpha value is -1.17. The molecule has 0 aromatic carbocycles. The Morgan fingerprint density at radius 2 is 2.13 bits per heavy atom. The van der Waals surface area contributed by atoms with Crippen LogP contribution in [0.15, 0.2) is 12.5 Å². The molecule has 0 amide bonds. The van der Waals surface area contributed by atoms with Crippen molar-refractivity contribution >= 4 is 0 Å². The SMILES string of the molecule is OC1CC(C(F)(F)F)Cc2ncncc21. The Bertz CT molecular complexity index is 367. The van der Waals surface area contributed by atoms with Gasteiger partial charge in [0.15, 0.2) is 0 Å². The van der Waals surface area contributed by atoms with E-state index in [0.29, 0.717) is 11.3 Å². The average molecular weight is 218 g/mol. The van der Waals surface area contributed by atoms with Crippen molar-refractivity contribution in [3.8, 4) is 0 Å². The van der Waals surface area contributed by atoms with E-state index in [0.717, 1.165) is 0 Å². The highest BCUT2D eigenvalue weighted by Crippen LogP contribution is 2.40. The van der Waals surface area contributed by atoms with E-state index < -0.39 is 18.2 Å². The second-order valence-corrected chi connectivity index (χ2v) is 3.62. The summed E-state index contributed by atoms with van der Waals surface area (Å²) in [5, 5.41) is 9.52. The van der Waals surface area contributed by atoms with Crippen LogP contribution in [0.2, 0.25) is 0 Å². The summed E-state index contributed by atoms with van der Waals surface area (Å²) in [6, 6.07) is 0. The third-order valence-electron chi connectivity index (χ3n) is 2.60. The molecule has 3 nitrogen and oxygen atoms in total. The third kappa shape index (κ3) is 1.94. The van der Waals surface area contributed by atoms with Crippen molar-refractivity contribution in [2.24, 2.45) is 5.92 Å². The summed E-state index contributed by atoms with van der Waals surface area (Å²) in [6.07, 6.45) is -3.28. The fraction of sp³-hybridized carbons (Fsp3) is 0.556. The lowest BCUT2D eigenvalue weighted by Gasteiger charge is -2.28. The molecule has 1 aromatic heterocycles. The van der Waals surface area contributed by atoms with Gasteiger partial charge in [-0.25, -0.2) is 9.97 Å². The zero-order valence-electron chi connectivity index (χ0n) is 7.70. The van der Waals surface area contributed by atoms with Gasteiger partial charge in [-0.3, -0.25) is 0 Å². The number of aromatic nitrogens is 2. The van der Waals surface area contributed by atoms with Gasteiger partial charge < -0.3 is 5.11 Å². The van der Waals surface area contributed by atoms with Gasteiger partial charge in [0.25, 0.3) is 0 Å². The van der Waals surface area contributed by atoms with Crippen LogP contribution in [0.25, 0.3) is 0 Å². The minimum atomic E-state index is -4.27. The largest absolute Gasteiger partial charge is 0.392 e. The number of fused-ring (bicyclic) bond motifs is 1. The molecule has 82 valence electrons. The summed E-state index contributed by atoms with van der Waals surface area (Å²) >= 11 is 0. The molecule has 2 unspecified atom stereocenters. The summed E-state index contributed by atoms with van der Waals surface area (Å²) in [7, 11) is 0. The van der Waals surface area contributed by atoms with Crippen molar-refractivity contribution < 1.29 is 18.3 Å². The Morgan fingerprint density at radius 1 is 1.40 bits per heavy atom. The number of nitrogens with zero attached hydrogens (tertiary/aromatic N) is 2. The Kier molecular flexibility index (Phi) is 2.38. The van der Waals surface area contributed by atoms with E-state index in [-0.39, 0.29) is 12.8 Å². The Labute approximate surface area is 84.0 Å². The molecule has 0 saturated carbocycles. The van der Waals surface area contributed by atoms with Crippen molar-refractivity contribution in [2.45, 2.75) is 25.1 Å². The van der Waals surface area contributed by atoms with Gasteiger partial charge in [-0.05, 0) is 6.42 Å². The predicted octanol–water partition coefficient (Wildman–Crippen LogP) is 1.63. The Balaban J connectivity index is 2.30. The van der Waals surface area contributed by atoms with Crippen LogP contribution in [0, 0.1) is 5.92 Å². The standard InChI is InChI=1S/C9H9F3N2O/c10-9(11,12)5-1-7-6(8(15)2-5)3-13-4-14-7/h3-5,8,15H,1-2H2. The second-order valence-electron chi connectivity index (χ2n) is 3.62. The lowest BCUT2D eigenvalue weighted by Crippen LogP contribution is -2.31. The van der Waals surface area contributed by atoms with E-state index in [1.807, 2.05) is 0 Å². The van der Waals surface area contributed by atoms with Crippen LogP contribution < -0.4 is 0 Å². The molecule has 0 radical (unpaired) electrons. The molecular formula is C9H9F3N2O. The van der Waals surface area contributed by atoms with Gasteiger partial charge in [-0.15, -0.1) is 0 Å². The molecule has 1 aromatic rings. The van der Waals surface area contributed by atoms with Crippen LogP contribution in [-0.4, -0.2) is 21.3 Å². The molecule has 15 heavy (non-hydrogen) atoms. The van der Waals surface area contributed by atoms with Gasteiger partial charge in [-0.1, -0.05) is 0 Å². The number of rotatable bonds is 0.